The van der Waals surface area contributed by atoms with Crippen molar-refractivity contribution in [2.75, 3.05) is 5.32 Å². The standard InChI is InChI=1S/C16H19N3S/c1-2-10-9-6-12(11(10)3-1)14(7-9)19-16-15-13(4-5-20-15)17-8-18-16/h4-5,8-12,14H,1-3,6-7H2,(H,17,18,19)/t9-,10+,11+,12+,14-/m1/s1. The van der Waals surface area contributed by atoms with Crippen molar-refractivity contribution in [3.05, 3.63) is 17.8 Å². The van der Waals surface area contributed by atoms with Gasteiger partial charge >= 0.3 is 0 Å². The maximum absolute atomic E-state index is 4.50. The summed E-state index contributed by atoms with van der Waals surface area (Å²) in [5, 5.41) is 5.88. The summed E-state index contributed by atoms with van der Waals surface area (Å²) in [6, 6.07) is 2.74. The van der Waals surface area contributed by atoms with E-state index in [0.29, 0.717) is 6.04 Å². The molecule has 3 fully saturated rings. The van der Waals surface area contributed by atoms with Crippen LogP contribution in [0.4, 0.5) is 5.82 Å². The van der Waals surface area contributed by atoms with Crippen molar-refractivity contribution in [3.63, 3.8) is 0 Å². The fourth-order valence-corrected chi connectivity index (χ4v) is 6.10. The molecule has 0 unspecified atom stereocenters. The largest absolute Gasteiger partial charge is 0.366 e. The van der Waals surface area contributed by atoms with Gasteiger partial charge in [-0.1, -0.05) is 6.42 Å². The van der Waals surface area contributed by atoms with E-state index >= 15 is 0 Å². The van der Waals surface area contributed by atoms with Crippen LogP contribution in [0, 0.1) is 23.7 Å². The summed E-state index contributed by atoms with van der Waals surface area (Å²) in [6.07, 6.45) is 8.97. The Morgan fingerprint density at radius 1 is 1.10 bits per heavy atom. The van der Waals surface area contributed by atoms with Crippen molar-refractivity contribution >= 4 is 27.4 Å². The molecule has 20 heavy (non-hydrogen) atoms. The molecule has 3 aliphatic carbocycles. The number of hydrogen-bond acceptors (Lipinski definition) is 4. The van der Waals surface area contributed by atoms with Crippen LogP contribution < -0.4 is 5.32 Å². The molecule has 5 atom stereocenters. The van der Waals surface area contributed by atoms with Crippen molar-refractivity contribution in [2.24, 2.45) is 23.7 Å². The predicted molar refractivity (Wildman–Crippen MR) is 81.9 cm³/mol. The zero-order chi connectivity index (χ0) is 13.1. The SMILES string of the molecule is c1nc(N[C@@H]2C[C@H]3C[C@H]2[C@H]2CCC[C@@H]32)c2sccc2n1. The molecule has 3 saturated carbocycles. The van der Waals surface area contributed by atoms with Gasteiger partial charge < -0.3 is 5.32 Å². The third kappa shape index (κ3) is 1.51. The van der Waals surface area contributed by atoms with Gasteiger partial charge in [0.15, 0.2) is 0 Å². The van der Waals surface area contributed by atoms with E-state index in [1.165, 1.54) is 36.8 Å². The van der Waals surface area contributed by atoms with Crippen molar-refractivity contribution in [1.82, 2.24) is 9.97 Å². The zero-order valence-corrected chi connectivity index (χ0v) is 12.3. The molecule has 0 spiro atoms. The number of fused-ring (bicyclic) bond motifs is 6. The second-order valence-corrected chi connectivity index (χ2v) is 7.68. The quantitative estimate of drug-likeness (QED) is 0.908. The number of aromatic nitrogens is 2. The van der Waals surface area contributed by atoms with E-state index in [1.54, 1.807) is 17.7 Å². The van der Waals surface area contributed by atoms with Crippen LogP contribution in [-0.4, -0.2) is 16.0 Å². The molecule has 3 nitrogen and oxygen atoms in total. The lowest BCUT2D eigenvalue weighted by atomic mass is 9.79. The summed E-state index contributed by atoms with van der Waals surface area (Å²) < 4.78 is 1.22. The number of hydrogen-bond donors (Lipinski definition) is 1. The highest BCUT2D eigenvalue weighted by Gasteiger charge is 2.53. The van der Waals surface area contributed by atoms with Crippen LogP contribution in [0.3, 0.4) is 0 Å². The van der Waals surface area contributed by atoms with Gasteiger partial charge in [0.1, 0.15) is 12.1 Å². The van der Waals surface area contributed by atoms with E-state index in [4.69, 9.17) is 0 Å². The highest BCUT2D eigenvalue weighted by molar-refractivity contribution is 7.17. The van der Waals surface area contributed by atoms with Crippen LogP contribution in [0.2, 0.25) is 0 Å². The molecule has 0 radical (unpaired) electrons. The fourth-order valence-electron chi connectivity index (χ4n) is 5.30. The Labute approximate surface area is 122 Å². The number of anilines is 1. The molecular weight excluding hydrogens is 266 g/mol. The average Bonchev–Trinajstić information content (AvgIpc) is 3.20. The number of rotatable bonds is 2. The number of thiophene rings is 1. The van der Waals surface area contributed by atoms with Crippen LogP contribution in [0.5, 0.6) is 0 Å². The Morgan fingerprint density at radius 3 is 3.05 bits per heavy atom. The Kier molecular flexibility index (Phi) is 2.40. The van der Waals surface area contributed by atoms with Crippen LogP contribution in [0.25, 0.3) is 10.2 Å². The Balaban J connectivity index is 1.44. The maximum Gasteiger partial charge on any atom is 0.147 e. The predicted octanol–water partition coefficient (Wildman–Crippen LogP) is 3.93. The van der Waals surface area contributed by atoms with Crippen LogP contribution >= 0.6 is 11.3 Å². The smallest absolute Gasteiger partial charge is 0.147 e. The summed E-state index contributed by atoms with van der Waals surface area (Å²) in [5.41, 5.74) is 1.08. The number of nitrogens with zero attached hydrogens (tertiary/aromatic N) is 2. The zero-order valence-electron chi connectivity index (χ0n) is 11.5. The second-order valence-electron chi connectivity index (χ2n) is 6.76. The van der Waals surface area contributed by atoms with Gasteiger partial charge in [-0.3, -0.25) is 0 Å². The third-order valence-electron chi connectivity index (χ3n) is 5.99. The Hall–Kier alpha value is -1.16. The molecule has 4 heteroatoms. The van der Waals surface area contributed by atoms with Gasteiger partial charge in [0.05, 0.1) is 10.2 Å². The molecule has 0 aliphatic heterocycles. The van der Waals surface area contributed by atoms with E-state index in [0.717, 1.165) is 35.0 Å². The average molecular weight is 285 g/mol. The van der Waals surface area contributed by atoms with E-state index in [9.17, 15) is 0 Å². The van der Waals surface area contributed by atoms with Crippen LogP contribution in [-0.2, 0) is 0 Å². The maximum atomic E-state index is 4.50. The topological polar surface area (TPSA) is 37.8 Å². The molecule has 5 rings (SSSR count). The van der Waals surface area contributed by atoms with Crippen LogP contribution in [0.15, 0.2) is 17.8 Å². The van der Waals surface area contributed by atoms with Gasteiger partial charge in [-0.25, -0.2) is 9.97 Å². The summed E-state index contributed by atoms with van der Waals surface area (Å²) >= 11 is 1.75. The van der Waals surface area contributed by atoms with Crippen LogP contribution in [0.1, 0.15) is 32.1 Å². The third-order valence-corrected chi connectivity index (χ3v) is 6.90. The second kappa shape index (κ2) is 4.17. The van der Waals surface area contributed by atoms with E-state index < -0.39 is 0 Å². The van der Waals surface area contributed by atoms with Gasteiger partial charge in [0, 0.05) is 6.04 Å². The molecule has 2 aromatic heterocycles. The molecule has 0 amide bonds. The first-order chi connectivity index (χ1) is 9.90. The lowest BCUT2D eigenvalue weighted by Crippen LogP contribution is -2.34. The van der Waals surface area contributed by atoms with Gasteiger partial charge in [0.25, 0.3) is 0 Å². The minimum atomic E-state index is 0.652. The highest BCUT2D eigenvalue weighted by atomic mass is 32.1. The van der Waals surface area contributed by atoms with Crippen molar-refractivity contribution in [1.29, 1.82) is 0 Å². The number of nitrogens with one attached hydrogen (secondary N) is 1. The molecule has 1 N–H and O–H groups in total. The molecule has 2 aromatic rings. The highest BCUT2D eigenvalue weighted by Crippen LogP contribution is 2.59. The normalized spacial score (nSPS) is 38.5. The lowest BCUT2D eigenvalue weighted by Gasteiger charge is -2.32. The van der Waals surface area contributed by atoms with Crippen molar-refractivity contribution < 1.29 is 0 Å². The van der Waals surface area contributed by atoms with E-state index in [-0.39, 0.29) is 0 Å². The van der Waals surface area contributed by atoms with Gasteiger partial charge in [0.2, 0.25) is 0 Å². The monoisotopic (exact) mass is 285 g/mol. The van der Waals surface area contributed by atoms with Gasteiger partial charge in [-0.2, -0.15) is 0 Å². The first kappa shape index (κ1) is 11.5. The van der Waals surface area contributed by atoms with Gasteiger partial charge in [-0.05, 0) is 60.8 Å². The molecule has 0 saturated heterocycles. The molecule has 2 heterocycles. The van der Waals surface area contributed by atoms with Crippen molar-refractivity contribution in [3.8, 4) is 0 Å². The Morgan fingerprint density at radius 2 is 2.05 bits per heavy atom. The van der Waals surface area contributed by atoms with Crippen molar-refractivity contribution in [2.45, 2.75) is 38.1 Å². The summed E-state index contributed by atoms with van der Waals surface area (Å²) in [6.45, 7) is 0. The molecular formula is C16H19N3S. The minimum absolute atomic E-state index is 0.652. The first-order valence-corrected chi connectivity index (χ1v) is 8.73. The summed E-state index contributed by atoms with van der Waals surface area (Å²) in [4.78, 5) is 8.84. The Bertz CT molecular complexity index is 652. The summed E-state index contributed by atoms with van der Waals surface area (Å²) in [5.74, 6) is 5.03. The van der Waals surface area contributed by atoms with Gasteiger partial charge in [-0.15, -0.1) is 11.3 Å². The first-order valence-electron chi connectivity index (χ1n) is 7.85. The lowest BCUT2D eigenvalue weighted by molar-refractivity contribution is 0.243. The van der Waals surface area contributed by atoms with E-state index in [2.05, 4.69) is 26.7 Å². The molecule has 0 aromatic carbocycles. The van der Waals surface area contributed by atoms with E-state index in [1.807, 2.05) is 0 Å². The fraction of sp³-hybridized carbons (Fsp3) is 0.625. The minimum Gasteiger partial charge on any atom is -0.366 e. The molecule has 2 bridgehead atoms. The molecule has 3 aliphatic rings. The molecule has 104 valence electrons. The summed E-state index contributed by atoms with van der Waals surface area (Å²) in [7, 11) is 0.